The summed E-state index contributed by atoms with van der Waals surface area (Å²) in [5.41, 5.74) is -1.51. The molecule has 1 aliphatic carbocycles. The fraction of sp³-hybridized carbons (Fsp3) is 0.500. The Bertz CT molecular complexity index is 324. The van der Waals surface area contributed by atoms with Crippen LogP contribution in [0.5, 0.6) is 0 Å². The van der Waals surface area contributed by atoms with Gasteiger partial charge in [-0.2, -0.15) is 13.2 Å². The maximum atomic E-state index is 12.6. The molecule has 0 N–H and O–H groups in total. The summed E-state index contributed by atoms with van der Waals surface area (Å²) in [6.45, 7) is 0. The van der Waals surface area contributed by atoms with Crippen LogP contribution in [0.1, 0.15) is 17.7 Å². The predicted octanol–water partition coefficient (Wildman–Crippen LogP) is 4.10. The van der Waals surface area contributed by atoms with Gasteiger partial charge in [0.1, 0.15) is 5.41 Å². The highest BCUT2D eigenvalue weighted by Crippen LogP contribution is 2.60. The van der Waals surface area contributed by atoms with Crippen LogP contribution in [0.25, 0.3) is 0 Å². The molecule has 0 atom stereocenters. The Labute approximate surface area is 85.9 Å². The van der Waals surface area contributed by atoms with Crippen LogP contribution in [-0.2, 0) is 5.41 Å². The summed E-state index contributed by atoms with van der Waals surface area (Å²) in [5.74, 6) is 0. The van der Waals surface area contributed by atoms with Gasteiger partial charge in [-0.25, -0.2) is 0 Å². The van der Waals surface area contributed by atoms with E-state index in [1.165, 1.54) is 11.3 Å². The molecule has 1 aromatic heterocycles. The van der Waals surface area contributed by atoms with E-state index in [4.69, 9.17) is 0 Å². The summed E-state index contributed by atoms with van der Waals surface area (Å²) in [4.78, 5) is 0.437. The third-order valence-electron chi connectivity index (χ3n) is 2.34. The van der Waals surface area contributed by atoms with Crippen LogP contribution < -0.4 is 0 Å². The van der Waals surface area contributed by atoms with Gasteiger partial charge in [-0.05, 0) is 40.9 Å². The zero-order chi connectivity index (χ0) is 9.69. The van der Waals surface area contributed by atoms with Gasteiger partial charge >= 0.3 is 6.18 Å². The second-order valence-electron chi connectivity index (χ2n) is 3.18. The van der Waals surface area contributed by atoms with Crippen molar-refractivity contribution in [2.75, 3.05) is 0 Å². The lowest BCUT2D eigenvalue weighted by Gasteiger charge is -2.16. The lowest BCUT2D eigenvalue weighted by atomic mass is 10.1. The first kappa shape index (κ1) is 9.52. The van der Waals surface area contributed by atoms with Crippen LogP contribution in [-0.4, -0.2) is 6.18 Å². The van der Waals surface area contributed by atoms with Gasteiger partial charge in [0.2, 0.25) is 0 Å². The second-order valence-corrected chi connectivity index (χ2v) is 5.65. The second kappa shape index (κ2) is 2.73. The molecule has 0 unspecified atom stereocenters. The van der Waals surface area contributed by atoms with Crippen molar-refractivity contribution in [2.45, 2.75) is 24.4 Å². The monoisotopic (exact) mass is 270 g/mol. The molecular weight excluding hydrogens is 265 g/mol. The van der Waals surface area contributed by atoms with Gasteiger partial charge in [0.25, 0.3) is 0 Å². The summed E-state index contributed by atoms with van der Waals surface area (Å²) in [6.07, 6.45) is -3.61. The molecule has 0 saturated heterocycles. The first-order valence-corrected chi connectivity index (χ1v) is 5.39. The van der Waals surface area contributed by atoms with Crippen LogP contribution >= 0.6 is 27.3 Å². The normalized spacial score (nSPS) is 20.3. The van der Waals surface area contributed by atoms with E-state index >= 15 is 0 Å². The topological polar surface area (TPSA) is 0 Å². The Hall–Kier alpha value is -0.0300. The summed E-state index contributed by atoms with van der Waals surface area (Å²) < 4.78 is 38.5. The summed E-state index contributed by atoms with van der Waals surface area (Å²) in [5, 5.41) is 0. The van der Waals surface area contributed by atoms with Crippen molar-refractivity contribution in [1.82, 2.24) is 0 Å². The molecule has 0 aromatic carbocycles. The molecule has 1 saturated carbocycles. The zero-order valence-corrected chi connectivity index (χ0v) is 8.89. The van der Waals surface area contributed by atoms with Crippen molar-refractivity contribution < 1.29 is 13.2 Å². The Morgan fingerprint density at radius 3 is 2.23 bits per heavy atom. The minimum Gasteiger partial charge on any atom is -0.170 e. The van der Waals surface area contributed by atoms with Gasteiger partial charge in [0.05, 0.1) is 3.79 Å². The first-order chi connectivity index (χ1) is 5.96. The summed E-state index contributed by atoms with van der Waals surface area (Å²) in [6, 6.07) is 3.24. The summed E-state index contributed by atoms with van der Waals surface area (Å²) >= 11 is 4.35. The number of hydrogen-bond acceptors (Lipinski definition) is 1. The molecule has 2 rings (SSSR count). The molecular formula is C8H6BrF3S. The molecule has 0 spiro atoms. The summed E-state index contributed by atoms with van der Waals surface area (Å²) in [7, 11) is 0. The molecule has 0 nitrogen and oxygen atoms in total. The number of thiophene rings is 1. The fourth-order valence-electron chi connectivity index (χ4n) is 1.37. The van der Waals surface area contributed by atoms with E-state index in [9.17, 15) is 13.2 Å². The lowest BCUT2D eigenvalue weighted by molar-refractivity contribution is -0.159. The Morgan fingerprint density at radius 1 is 1.31 bits per heavy atom. The van der Waals surface area contributed by atoms with Crippen molar-refractivity contribution in [3.05, 3.63) is 20.8 Å². The van der Waals surface area contributed by atoms with Gasteiger partial charge in [0.15, 0.2) is 0 Å². The van der Waals surface area contributed by atoms with Crippen LogP contribution in [0.3, 0.4) is 0 Å². The van der Waals surface area contributed by atoms with Crippen LogP contribution in [0.2, 0.25) is 0 Å². The van der Waals surface area contributed by atoms with Crippen molar-refractivity contribution in [1.29, 1.82) is 0 Å². The quantitative estimate of drug-likeness (QED) is 0.721. The third-order valence-corrected chi connectivity index (χ3v) is 4.17. The van der Waals surface area contributed by atoms with Crippen molar-refractivity contribution in [3.8, 4) is 0 Å². The standard InChI is InChI=1S/C8H6BrF3S/c9-6-2-1-5(13-6)7(3-4-7)8(10,11)12/h1-2H,3-4H2. The fourth-order valence-corrected chi connectivity index (χ4v) is 3.02. The first-order valence-electron chi connectivity index (χ1n) is 3.78. The molecule has 72 valence electrons. The van der Waals surface area contributed by atoms with Crippen molar-refractivity contribution in [3.63, 3.8) is 0 Å². The number of halogens is 4. The molecule has 0 aliphatic heterocycles. The molecule has 0 bridgehead atoms. The van der Waals surface area contributed by atoms with Crippen LogP contribution in [0, 0.1) is 0 Å². The zero-order valence-electron chi connectivity index (χ0n) is 6.49. The van der Waals surface area contributed by atoms with E-state index in [0.717, 1.165) is 3.79 Å². The molecule has 1 heterocycles. The smallest absolute Gasteiger partial charge is 0.170 e. The van der Waals surface area contributed by atoms with Gasteiger partial charge < -0.3 is 0 Å². The van der Waals surface area contributed by atoms with E-state index in [1.807, 2.05) is 0 Å². The molecule has 1 aromatic rings. The Morgan fingerprint density at radius 2 is 1.92 bits per heavy atom. The van der Waals surface area contributed by atoms with Crippen molar-refractivity contribution in [2.24, 2.45) is 0 Å². The van der Waals surface area contributed by atoms with Gasteiger partial charge in [0, 0.05) is 4.88 Å². The average molecular weight is 271 g/mol. The molecule has 13 heavy (non-hydrogen) atoms. The SMILES string of the molecule is FC(F)(F)C1(c2ccc(Br)s2)CC1. The van der Waals surface area contributed by atoms with Gasteiger partial charge in [-0.3, -0.25) is 0 Å². The maximum Gasteiger partial charge on any atom is 0.399 e. The predicted molar refractivity (Wildman–Crippen MR) is 49.0 cm³/mol. The third kappa shape index (κ3) is 1.42. The molecule has 0 radical (unpaired) electrons. The van der Waals surface area contributed by atoms with Gasteiger partial charge in [-0.1, -0.05) is 0 Å². The Balaban J connectivity index is 2.36. The van der Waals surface area contributed by atoms with E-state index in [0.29, 0.717) is 4.88 Å². The lowest BCUT2D eigenvalue weighted by Crippen LogP contribution is -2.27. The Kier molecular flexibility index (Phi) is 2.00. The molecule has 1 fully saturated rings. The van der Waals surface area contributed by atoms with E-state index < -0.39 is 11.6 Å². The molecule has 1 aliphatic rings. The van der Waals surface area contributed by atoms with E-state index in [-0.39, 0.29) is 12.8 Å². The number of rotatable bonds is 1. The number of hydrogen-bond donors (Lipinski definition) is 0. The highest BCUT2D eigenvalue weighted by Gasteiger charge is 2.64. The minimum absolute atomic E-state index is 0.240. The van der Waals surface area contributed by atoms with E-state index in [2.05, 4.69) is 15.9 Å². The van der Waals surface area contributed by atoms with Crippen molar-refractivity contribution >= 4 is 27.3 Å². The maximum absolute atomic E-state index is 12.6. The largest absolute Gasteiger partial charge is 0.399 e. The van der Waals surface area contributed by atoms with Crippen LogP contribution in [0.4, 0.5) is 13.2 Å². The van der Waals surface area contributed by atoms with Crippen LogP contribution in [0.15, 0.2) is 15.9 Å². The highest BCUT2D eigenvalue weighted by molar-refractivity contribution is 9.11. The minimum atomic E-state index is -4.09. The highest BCUT2D eigenvalue weighted by atomic mass is 79.9. The van der Waals surface area contributed by atoms with Gasteiger partial charge in [-0.15, -0.1) is 11.3 Å². The molecule has 0 amide bonds. The number of alkyl halides is 3. The molecule has 5 heteroatoms. The average Bonchev–Trinajstić information content (AvgIpc) is 2.70. The van der Waals surface area contributed by atoms with E-state index in [1.54, 1.807) is 12.1 Å².